The first-order valence-electron chi connectivity index (χ1n) is 10.8. The van der Waals surface area contributed by atoms with Crippen LogP contribution >= 0.6 is 24.8 Å². The van der Waals surface area contributed by atoms with Gasteiger partial charge in [-0.15, -0.1) is 11.3 Å². The van der Waals surface area contributed by atoms with Gasteiger partial charge in [0, 0.05) is 17.5 Å². The quantitative estimate of drug-likeness (QED) is 0.555. The van der Waals surface area contributed by atoms with Gasteiger partial charge in [0.05, 0.1) is 11.7 Å². The molecule has 2 aliphatic rings. The summed E-state index contributed by atoms with van der Waals surface area (Å²) in [5.74, 6) is 0.129. The van der Waals surface area contributed by atoms with Crippen LogP contribution in [-0.4, -0.2) is 35.4 Å². The largest absolute Gasteiger partial charge is 0.347 e. The van der Waals surface area contributed by atoms with E-state index >= 15 is 0 Å². The van der Waals surface area contributed by atoms with Crippen LogP contribution in [0.5, 0.6) is 0 Å². The van der Waals surface area contributed by atoms with Crippen LogP contribution in [-0.2, 0) is 10.2 Å². The van der Waals surface area contributed by atoms with E-state index in [0.717, 1.165) is 48.7 Å². The lowest BCUT2D eigenvalue weighted by Gasteiger charge is -2.26. The molecular formula is C25H29N3OS2. The van der Waals surface area contributed by atoms with Gasteiger partial charge >= 0.3 is 0 Å². The second kappa shape index (κ2) is 9.55. The van der Waals surface area contributed by atoms with Crippen molar-refractivity contribution in [3.63, 3.8) is 0 Å². The van der Waals surface area contributed by atoms with E-state index in [1.807, 2.05) is 24.3 Å². The third-order valence-electron chi connectivity index (χ3n) is 6.31. The fourth-order valence-corrected chi connectivity index (χ4v) is 5.42. The SMILES string of the molecule is O=C(N[C@H](CN1CCCC1)c1ccccc1)C1(c2nc(-c3ccccc3)cs2)CC1.S. The van der Waals surface area contributed by atoms with Gasteiger partial charge in [-0.1, -0.05) is 60.7 Å². The molecule has 6 heteroatoms. The van der Waals surface area contributed by atoms with Crippen molar-refractivity contribution in [3.8, 4) is 11.3 Å². The lowest BCUT2D eigenvalue weighted by Crippen LogP contribution is -2.41. The van der Waals surface area contributed by atoms with Crippen molar-refractivity contribution in [2.24, 2.45) is 0 Å². The van der Waals surface area contributed by atoms with E-state index in [9.17, 15) is 4.79 Å². The van der Waals surface area contributed by atoms with E-state index in [1.54, 1.807) is 11.3 Å². The van der Waals surface area contributed by atoms with Gasteiger partial charge < -0.3 is 10.2 Å². The summed E-state index contributed by atoms with van der Waals surface area (Å²) in [4.78, 5) is 20.8. The summed E-state index contributed by atoms with van der Waals surface area (Å²) in [6.45, 7) is 3.12. The van der Waals surface area contributed by atoms with Crippen LogP contribution in [0.2, 0.25) is 0 Å². The van der Waals surface area contributed by atoms with E-state index in [-0.39, 0.29) is 25.4 Å². The predicted octanol–water partition coefficient (Wildman–Crippen LogP) is 4.91. The Balaban J connectivity index is 0.00000231. The highest BCUT2D eigenvalue weighted by atomic mass is 32.1. The molecule has 162 valence electrons. The lowest BCUT2D eigenvalue weighted by molar-refractivity contribution is -0.124. The minimum absolute atomic E-state index is 0. The zero-order valence-corrected chi connectivity index (χ0v) is 19.4. The molecule has 5 rings (SSSR count). The number of nitrogens with one attached hydrogen (secondary N) is 1. The van der Waals surface area contributed by atoms with Crippen LogP contribution in [0.1, 0.15) is 42.3 Å². The standard InChI is InChI=1S/C25H27N3OS.H2S/c29-23(26-21(17-28-15-7-8-16-28)19-9-3-1-4-10-19)25(13-14-25)24-27-22(18-30-24)20-11-5-2-6-12-20;/h1-6,9-12,18,21H,7-8,13-17H2,(H,26,29);1H2/t21-;/m1./s1. The summed E-state index contributed by atoms with van der Waals surface area (Å²) in [5, 5.41) is 6.43. The molecule has 0 radical (unpaired) electrons. The molecule has 0 spiro atoms. The molecule has 1 amide bonds. The van der Waals surface area contributed by atoms with Gasteiger partial charge in [-0.2, -0.15) is 13.5 Å². The Kier molecular flexibility index (Phi) is 6.80. The van der Waals surface area contributed by atoms with Gasteiger partial charge in [0.15, 0.2) is 0 Å². The summed E-state index contributed by atoms with van der Waals surface area (Å²) >= 11 is 1.62. The third kappa shape index (κ3) is 4.71. The van der Waals surface area contributed by atoms with Gasteiger partial charge in [0.2, 0.25) is 5.91 Å². The zero-order chi connectivity index (χ0) is 20.4. The van der Waals surface area contributed by atoms with Crippen molar-refractivity contribution in [2.75, 3.05) is 19.6 Å². The molecule has 1 aromatic heterocycles. The monoisotopic (exact) mass is 451 g/mol. The van der Waals surface area contributed by atoms with Gasteiger partial charge in [-0.25, -0.2) is 4.98 Å². The minimum atomic E-state index is -0.449. The summed E-state index contributed by atoms with van der Waals surface area (Å²) in [5.41, 5.74) is 2.80. The Morgan fingerprint density at radius 2 is 1.68 bits per heavy atom. The van der Waals surface area contributed by atoms with E-state index < -0.39 is 5.41 Å². The zero-order valence-electron chi connectivity index (χ0n) is 17.6. The Morgan fingerprint density at radius 3 is 2.32 bits per heavy atom. The molecule has 31 heavy (non-hydrogen) atoms. The number of amides is 1. The highest BCUT2D eigenvalue weighted by Gasteiger charge is 2.54. The Labute approximate surface area is 195 Å². The van der Waals surface area contributed by atoms with Crippen LogP contribution < -0.4 is 5.32 Å². The van der Waals surface area contributed by atoms with Crippen molar-refractivity contribution in [1.82, 2.24) is 15.2 Å². The number of thiazole rings is 1. The number of carbonyl (C=O) groups is 1. The van der Waals surface area contributed by atoms with E-state index in [0.29, 0.717) is 0 Å². The first-order valence-corrected chi connectivity index (χ1v) is 11.7. The average Bonchev–Trinajstić information content (AvgIpc) is 3.20. The van der Waals surface area contributed by atoms with Gasteiger partial charge in [0.1, 0.15) is 10.4 Å². The van der Waals surface area contributed by atoms with Gasteiger partial charge in [-0.3, -0.25) is 4.79 Å². The Bertz CT molecular complexity index is 996. The maximum absolute atomic E-state index is 13.5. The summed E-state index contributed by atoms with van der Waals surface area (Å²) in [6, 6.07) is 20.6. The molecule has 1 aliphatic heterocycles. The molecule has 1 atom stereocenters. The number of carbonyl (C=O) groups excluding carboxylic acids is 1. The molecule has 2 aromatic carbocycles. The lowest BCUT2D eigenvalue weighted by atomic mass is 10.0. The first kappa shape index (κ1) is 22.1. The smallest absolute Gasteiger partial charge is 0.233 e. The highest BCUT2D eigenvalue weighted by molar-refractivity contribution is 7.59. The van der Waals surface area contributed by atoms with Crippen molar-refractivity contribution >= 4 is 30.7 Å². The molecule has 2 fully saturated rings. The normalized spacial score (nSPS) is 18.2. The molecule has 1 saturated carbocycles. The number of hydrogen-bond acceptors (Lipinski definition) is 4. The number of nitrogens with zero attached hydrogens (tertiary/aromatic N) is 2. The predicted molar refractivity (Wildman–Crippen MR) is 132 cm³/mol. The summed E-state index contributed by atoms with van der Waals surface area (Å²) in [7, 11) is 0. The van der Waals surface area contributed by atoms with Crippen LogP contribution in [0.3, 0.4) is 0 Å². The van der Waals surface area contributed by atoms with Crippen molar-refractivity contribution < 1.29 is 4.79 Å². The number of hydrogen-bond donors (Lipinski definition) is 1. The fourth-order valence-electron chi connectivity index (χ4n) is 4.34. The molecule has 3 aromatic rings. The number of benzene rings is 2. The maximum atomic E-state index is 13.5. The van der Waals surface area contributed by atoms with E-state index in [2.05, 4.69) is 52.0 Å². The molecule has 0 bridgehead atoms. The molecule has 2 heterocycles. The van der Waals surface area contributed by atoms with Crippen LogP contribution in [0, 0.1) is 0 Å². The van der Waals surface area contributed by atoms with Crippen LogP contribution in [0.15, 0.2) is 66.0 Å². The maximum Gasteiger partial charge on any atom is 0.233 e. The van der Waals surface area contributed by atoms with Crippen LogP contribution in [0.4, 0.5) is 0 Å². The summed E-state index contributed by atoms with van der Waals surface area (Å²) < 4.78 is 0. The fraction of sp³-hybridized carbons (Fsp3) is 0.360. The van der Waals surface area contributed by atoms with Gasteiger partial charge in [0.25, 0.3) is 0 Å². The second-order valence-electron chi connectivity index (χ2n) is 8.43. The minimum Gasteiger partial charge on any atom is -0.347 e. The van der Waals surface area contributed by atoms with E-state index in [4.69, 9.17) is 4.98 Å². The molecular weight excluding hydrogens is 422 g/mol. The van der Waals surface area contributed by atoms with Crippen molar-refractivity contribution in [1.29, 1.82) is 0 Å². The third-order valence-corrected chi connectivity index (χ3v) is 7.36. The Morgan fingerprint density at radius 1 is 1.03 bits per heavy atom. The molecule has 4 nitrogen and oxygen atoms in total. The highest BCUT2D eigenvalue weighted by Crippen LogP contribution is 2.50. The van der Waals surface area contributed by atoms with Gasteiger partial charge in [-0.05, 0) is 44.3 Å². The summed E-state index contributed by atoms with van der Waals surface area (Å²) in [6.07, 6.45) is 4.26. The first-order chi connectivity index (χ1) is 14.7. The molecule has 1 aliphatic carbocycles. The topological polar surface area (TPSA) is 45.2 Å². The van der Waals surface area contributed by atoms with E-state index in [1.165, 1.54) is 18.4 Å². The molecule has 1 N–H and O–H groups in total. The van der Waals surface area contributed by atoms with Crippen molar-refractivity contribution in [3.05, 3.63) is 76.6 Å². The Hall–Kier alpha value is -2.15. The number of likely N-dealkylation sites (tertiary alicyclic amines) is 1. The van der Waals surface area contributed by atoms with Crippen molar-refractivity contribution in [2.45, 2.75) is 37.1 Å². The average molecular weight is 452 g/mol. The number of rotatable bonds is 7. The van der Waals surface area contributed by atoms with Crippen LogP contribution in [0.25, 0.3) is 11.3 Å². The molecule has 1 saturated heterocycles. The number of aromatic nitrogens is 1. The second-order valence-corrected chi connectivity index (χ2v) is 9.29. The molecule has 0 unspecified atom stereocenters.